The fourth-order valence-electron chi connectivity index (χ4n) is 3.37. The molecule has 3 rings (SSSR count). The molecule has 0 aliphatic heterocycles. The van der Waals surface area contributed by atoms with Crippen molar-refractivity contribution < 1.29 is 4.79 Å². The third kappa shape index (κ3) is 4.97. The second-order valence-corrected chi connectivity index (χ2v) is 8.33. The van der Waals surface area contributed by atoms with E-state index in [1.165, 1.54) is 43.0 Å². The number of aromatic nitrogens is 4. The maximum absolute atomic E-state index is 12.5. The fourth-order valence-corrected chi connectivity index (χ4v) is 4.18. The smallest absolute Gasteiger partial charge is 0.233 e. The van der Waals surface area contributed by atoms with Crippen LogP contribution in [-0.4, -0.2) is 37.9 Å². The van der Waals surface area contributed by atoms with Crippen molar-refractivity contribution in [3.63, 3.8) is 0 Å². The van der Waals surface area contributed by atoms with Gasteiger partial charge in [0.15, 0.2) is 0 Å². The van der Waals surface area contributed by atoms with Crippen molar-refractivity contribution >= 4 is 17.7 Å². The SMILES string of the molecule is Cc1cccc(C)c1-n1nnnc1S[C@@H](C)C(=O)NCCC1=CCCCC1. The summed E-state index contributed by atoms with van der Waals surface area (Å²) < 4.78 is 1.73. The molecular weight excluding hydrogens is 358 g/mol. The molecule has 0 fully saturated rings. The molecule has 1 heterocycles. The molecular formula is C20H27N5OS. The molecule has 144 valence electrons. The summed E-state index contributed by atoms with van der Waals surface area (Å²) in [6, 6.07) is 6.09. The Morgan fingerprint density at radius 2 is 2.07 bits per heavy atom. The lowest BCUT2D eigenvalue weighted by Crippen LogP contribution is -2.32. The molecule has 1 amide bonds. The molecule has 7 heteroatoms. The van der Waals surface area contributed by atoms with Crippen molar-refractivity contribution in [3.8, 4) is 5.69 Å². The van der Waals surface area contributed by atoms with Gasteiger partial charge in [0.25, 0.3) is 0 Å². The summed E-state index contributed by atoms with van der Waals surface area (Å²) in [5, 5.41) is 15.5. The number of carbonyl (C=O) groups excluding carboxylic acids is 1. The number of hydrogen-bond acceptors (Lipinski definition) is 5. The molecule has 0 saturated carbocycles. The van der Waals surface area contributed by atoms with Gasteiger partial charge in [0, 0.05) is 6.54 Å². The Bertz CT molecular complexity index is 809. The standard InChI is InChI=1S/C20H27N5OS/c1-14-8-7-9-15(2)18(14)25-20(22-23-24-25)27-16(3)19(26)21-13-12-17-10-5-4-6-11-17/h7-10,16H,4-6,11-13H2,1-3H3,(H,21,26)/t16-/m0/s1. The van der Waals surface area contributed by atoms with Gasteiger partial charge in [-0.25, -0.2) is 0 Å². The second kappa shape index (κ2) is 9.17. The highest BCUT2D eigenvalue weighted by atomic mass is 32.2. The molecule has 0 unspecified atom stereocenters. The average Bonchev–Trinajstić information content (AvgIpc) is 3.10. The van der Waals surface area contributed by atoms with E-state index in [1.54, 1.807) is 4.68 Å². The quantitative estimate of drug-likeness (QED) is 0.580. The van der Waals surface area contributed by atoms with E-state index in [2.05, 4.69) is 26.9 Å². The predicted octanol–water partition coefficient (Wildman–Crippen LogP) is 3.77. The maximum Gasteiger partial charge on any atom is 0.233 e. The van der Waals surface area contributed by atoms with E-state index in [4.69, 9.17) is 0 Å². The molecule has 1 aliphatic carbocycles. The lowest BCUT2D eigenvalue weighted by atomic mass is 9.97. The Kier molecular flexibility index (Phi) is 6.66. The Morgan fingerprint density at radius 1 is 1.30 bits per heavy atom. The number of aryl methyl sites for hydroxylation is 2. The van der Waals surface area contributed by atoms with Crippen molar-refractivity contribution in [2.24, 2.45) is 0 Å². The van der Waals surface area contributed by atoms with Gasteiger partial charge >= 0.3 is 0 Å². The zero-order valence-corrected chi connectivity index (χ0v) is 17.1. The summed E-state index contributed by atoms with van der Waals surface area (Å²) in [5.74, 6) is 0.0208. The van der Waals surface area contributed by atoms with Gasteiger partial charge in [-0.3, -0.25) is 4.79 Å². The third-order valence-electron chi connectivity index (χ3n) is 4.87. The van der Waals surface area contributed by atoms with Gasteiger partial charge in [0.1, 0.15) is 0 Å². The Balaban J connectivity index is 1.60. The number of thioether (sulfide) groups is 1. The number of hydrogen-bond donors (Lipinski definition) is 1. The number of carbonyl (C=O) groups is 1. The lowest BCUT2D eigenvalue weighted by molar-refractivity contribution is -0.120. The lowest BCUT2D eigenvalue weighted by Gasteiger charge is -2.15. The largest absolute Gasteiger partial charge is 0.355 e. The molecule has 0 radical (unpaired) electrons. The summed E-state index contributed by atoms with van der Waals surface area (Å²) in [4.78, 5) is 12.5. The minimum atomic E-state index is -0.264. The van der Waals surface area contributed by atoms with E-state index in [0.717, 1.165) is 23.2 Å². The summed E-state index contributed by atoms with van der Waals surface area (Å²) >= 11 is 1.38. The third-order valence-corrected chi connectivity index (χ3v) is 5.91. The highest BCUT2D eigenvalue weighted by molar-refractivity contribution is 8.00. The molecule has 1 atom stereocenters. The van der Waals surface area contributed by atoms with Crippen LogP contribution in [0.3, 0.4) is 0 Å². The van der Waals surface area contributed by atoms with Crippen LogP contribution in [0.15, 0.2) is 35.0 Å². The van der Waals surface area contributed by atoms with Gasteiger partial charge in [0.05, 0.1) is 10.9 Å². The summed E-state index contributed by atoms with van der Waals surface area (Å²) in [6.45, 7) is 6.66. The maximum atomic E-state index is 12.5. The molecule has 1 aliphatic rings. The van der Waals surface area contributed by atoms with Crippen molar-refractivity contribution in [1.29, 1.82) is 0 Å². The predicted molar refractivity (Wildman–Crippen MR) is 108 cm³/mol. The van der Waals surface area contributed by atoms with Crippen LogP contribution in [0.25, 0.3) is 5.69 Å². The first-order valence-corrected chi connectivity index (χ1v) is 10.4. The van der Waals surface area contributed by atoms with Crippen LogP contribution in [-0.2, 0) is 4.79 Å². The van der Waals surface area contributed by atoms with Crippen molar-refractivity contribution in [2.45, 2.75) is 63.3 Å². The van der Waals surface area contributed by atoms with Crippen LogP contribution in [0.1, 0.15) is 50.2 Å². The van der Waals surface area contributed by atoms with E-state index < -0.39 is 0 Å². The van der Waals surface area contributed by atoms with Crippen LogP contribution in [0, 0.1) is 13.8 Å². The molecule has 0 spiro atoms. The van der Waals surface area contributed by atoms with Crippen molar-refractivity contribution in [2.75, 3.05) is 6.54 Å². The van der Waals surface area contributed by atoms with Gasteiger partial charge in [0.2, 0.25) is 11.1 Å². The number of allylic oxidation sites excluding steroid dienone is 1. The van der Waals surface area contributed by atoms with E-state index in [0.29, 0.717) is 11.7 Å². The van der Waals surface area contributed by atoms with E-state index >= 15 is 0 Å². The fraction of sp³-hybridized carbons (Fsp3) is 0.500. The average molecular weight is 386 g/mol. The Hall–Kier alpha value is -2.15. The molecule has 2 aromatic rings. The number of nitrogens with one attached hydrogen (secondary N) is 1. The topological polar surface area (TPSA) is 72.7 Å². The summed E-state index contributed by atoms with van der Waals surface area (Å²) in [7, 11) is 0. The number of benzene rings is 1. The number of para-hydroxylation sites is 1. The Morgan fingerprint density at radius 3 is 2.78 bits per heavy atom. The summed E-state index contributed by atoms with van der Waals surface area (Å²) in [6.07, 6.45) is 8.18. The molecule has 6 nitrogen and oxygen atoms in total. The van der Waals surface area contributed by atoms with Gasteiger partial charge in [-0.1, -0.05) is 41.6 Å². The molecule has 1 aromatic carbocycles. The minimum absolute atomic E-state index is 0.0208. The molecule has 0 saturated heterocycles. The second-order valence-electron chi connectivity index (χ2n) is 7.02. The monoisotopic (exact) mass is 385 g/mol. The van der Waals surface area contributed by atoms with E-state index in [1.807, 2.05) is 39.0 Å². The highest BCUT2D eigenvalue weighted by Crippen LogP contribution is 2.26. The minimum Gasteiger partial charge on any atom is -0.355 e. The first-order chi connectivity index (χ1) is 13.1. The molecule has 1 aromatic heterocycles. The van der Waals surface area contributed by atoms with Gasteiger partial charge < -0.3 is 5.32 Å². The molecule has 0 bridgehead atoms. The Labute approximate surface area is 164 Å². The van der Waals surface area contributed by atoms with Crippen LogP contribution in [0.5, 0.6) is 0 Å². The number of amides is 1. The number of tetrazole rings is 1. The van der Waals surface area contributed by atoms with Gasteiger partial charge in [-0.05, 0) is 74.4 Å². The molecule has 27 heavy (non-hydrogen) atoms. The van der Waals surface area contributed by atoms with Crippen LogP contribution >= 0.6 is 11.8 Å². The van der Waals surface area contributed by atoms with E-state index in [-0.39, 0.29) is 11.2 Å². The molecule has 1 N–H and O–H groups in total. The van der Waals surface area contributed by atoms with Crippen LogP contribution in [0.2, 0.25) is 0 Å². The highest BCUT2D eigenvalue weighted by Gasteiger charge is 2.20. The number of rotatable bonds is 7. The zero-order chi connectivity index (χ0) is 19.2. The van der Waals surface area contributed by atoms with Crippen LogP contribution in [0.4, 0.5) is 0 Å². The zero-order valence-electron chi connectivity index (χ0n) is 16.2. The van der Waals surface area contributed by atoms with E-state index in [9.17, 15) is 4.79 Å². The summed E-state index contributed by atoms with van der Waals surface area (Å²) in [5.41, 5.74) is 4.65. The van der Waals surface area contributed by atoms with Crippen LogP contribution < -0.4 is 5.32 Å². The van der Waals surface area contributed by atoms with Gasteiger partial charge in [-0.2, -0.15) is 4.68 Å². The number of nitrogens with zero attached hydrogens (tertiary/aromatic N) is 4. The normalized spacial score (nSPS) is 15.3. The van der Waals surface area contributed by atoms with Crippen molar-refractivity contribution in [1.82, 2.24) is 25.5 Å². The van der Waals surface area contributed by atoms with Crippen molar-refractivity contribution in [3.05, 3.63) is 41.0 Å². The first kappa shape index (κ1) is 19.6. The van der Waals surface area contributed by atoms with Gasteiger partial charge in [-0.15, -0.1) is 5.10 Å². The first-order valence-electron chi connectivity index (χ1n) is 9.53.